The second kappa shape index (κ2) is 9.75. The lowest BCUT2D eigenvalue weighted by atomic mass is 10.2. The van der Waals surface area contributed by atoms with Gasteiger partial charge in [0.25, 0.3) is 0 Å². The zero-order chi connectivity index (χ0) is 17.2. The van der Waals surface area contributed by atoms with Crippen molar-refractivity contribution < 1.29 is 19.0 Å². The number of nitriles is 1. The summed E-state index contributed by atoms with van der Waals surface area (Å²) in [5, 5.41) is 11.2. The summed E-state index contributed by atoms with van der Waals surface area (Å²) in [7, 11) is 1.60. The third-order valence-corrected chi connectivity index (χ3v) is 3.73. The minimum Gasteiger partial charge on any atom is -0.493 e. The maximum absolute atomic E-state index is 11.4. The minimum absolute atomic E-state index is 0.140. The number of hydrogen-bond acceptors (Lipinski definition) is 6. The van der Waals surface area contributed by atoms with Gasteiger partial charge in [0.2, 0.25) is 5.91 Å². The molecule has 1 aliphatic heterocycles. The molecule has 2 rings (SSSR count). The van der Waals surface area contributed by atoms with Crippen LogP contribution in [0.2, 0.25) is 0 Å². The predicted molar refractivity (Wildman–Crippen MR) is 87.8 cm³/mol. The number of rotatable bonds is 8. The fraction of sp³-hybridized carbons (Fsp3) is 0.529. The van der Waals surface area contributed by atoms with E-state index in [1.807, 2.05) is 24.3 Å². The van der Waals surface area contributed by atoms with Crippen molar-refractivity contribution >= 4 is 5.91 Å². The molecule has 0 unspecified atom stereocenters. The lowest BCUT2D eigenvalue weighted by Crippen LogP contribution is -2.38. The van der Waals surface area contributed by atoms with Gasteiger partial charge in [-0.2, -0.15) is 5.26 Å². The standard InChI is InChI=1S/C17H23N3O4/c1-22-15-3-2-14(13-19-17(21)4-5-18)12-16(15)24-11-8-20-6-9-23-10-7-20/h2-3,12H,4,6-11,13H2,1H3,(H,19,21). The Bertz CT molecular complexity index is 580. The summed E-state index contributed by atoms with van der Waals surface area (Å²) in [6.07, 6.45) is -0.140. The number of carbonyl (C=O) groups is 1. The molecular formula is C17H23N3O4. The van der Waals surface area contributed by atoms with Crippen molar-refractivity contribution in [3.63, 3.8) is 0 Å². The third kappa shape index (κ3) is 5.72. The Morgan fingerprint density at radius 3 is 2.88 bits per heavy atom. The van der Waals surface area contributed by atoms with Crippen molar-refractivity contribution in [2.75, 3.05) is 46.6 Å². The molecule has 1 heterocycles. The molecule has 1 aromatic carbocycles. The van der Waals surface area contributed by atoms with Crippen molar-refractivity contribution in [2.24, 2.45) is 0 Å². The first kappa shape index (κ1) is 18.0. The molecule has 0 bridgehead atoms. The average molecular weight is 333 g/mol. The molecule has 1 fully saturated rings. The highest BCUT2D eigenvalue weighted by molar-refractivity contribution is 5.77. The first-order valence-corrected chi connectivity index (χ1v) is 7.96. The molecule has 1 amide bonds. The van der Waals surface area contributed by atoms with Gasteiger partial charge >= 0.3 is 0 Å². The van der Waals surface area contributed by atoms with Gasteiger partial charge in [-0.15, -0.1) is 0 Å². The van der Waals surface area contributed by atoms with Crippen LogP contribution in [0.5, 0.6) is 11.5 Å². The molecule has 130 valence electrons. The topological polar surface area (TPSA) is 83.8 Å². The number of hydrogen-bond donors (Lipinski definition) is 1. The van der Waals surface area contributed by atoms with Crippen LogP contribution in [0.15, 0.2) is 18.2 Å². The predicted octanol–water partition coefficient (Wildman–Crippen LogP) is 0.936. The molecule has 0 spiro atoms. The zero-order valence-electron chi connectivity index (χ0n) is 13.9. The van der Waals surface area contributed by atoms with Crippen LogP contribution in [0.3, 0.4) is 0 Å². The van der Waals surface area contributed by atoms with Crippen LogP contribution in [0, 0.1) is 11.3 Å². The number of methoxy groups -OCH3 is 1. The van der Waals surface area contributed by atoms with Gasteiger partial charge in [-0.25, -0.2) is 0 Å². The quantitative estimate of drug-likeness (QED) is 0.762. The van der Waals surface area contributed by atoms with Crippen LogP contribution in [0.25, 0.3) is 0 Å². The van der Waals surface area contributed by atoms with E-state index in [0.29, 0.717) is 24.7 Å². The van der Waals surface area contributed by atoms with Gasteiger partial charge in [-0.1, -0.05) is 6.07 Å². The van der Waals surface area contributed by atoms with Gasteiger partial charge in [-0.05, 0) is 17.7 Å². The highest BCUT2D eigenvalue weighted by atomic mass is 16.5. The first-order chi connectivity index (χ1) is 11.7. The molecule has 1 aliphatic rings. The average Bonchev–Trinajstić information content (AvgIpc) is 2.61. The molecule has 24 heavy (non-hydrogen) atoms. The van der Waals surface area contributed by atoms with E-state index in [1.165, 1.54) is 0 Å². The van der Waals surface area contributed by atoms with Crippen LogP contribution < -0.4 is 14.8 Å². The smallest absolute Gasteiger partial charge is 0.234 e. The number of carbonyl (C=O) groups excluding carboxylic acids is 1. The van der Waals surface area contributed by atoms with Crippen molar-refractivity contribution in [1.29, 1.82) is 5.26 Å². The zero-order valence-corrected chi connectivity index (χ0v) is 13.9. The lowest BCUT2D eigenvalue weighted by Gasteiger charge is -2.26. The number of morpholine rings is 1. The van der Waals surface area contributed by atoms with Crippen LogP contribution in [-0.4, -0.2) is 57.4 Å². The maximum Gasteiger partial charge on any atom is 0.234 e. The second-order valence-electron chi connectivity index (χ2n) is 5.40. The monoisotopic (exact) mass is 333 g/mol. The summed E-state index contributed by atoms with van der Waals surface area (Å²) in [6.45, 7) is 5.11. The van der Waals surface area contributed by atoms with Gasteiger partial charge in [-0.3, -0.25) is 9.69 Å². The van der Waals surface area contributed by atoms with Crippen molar-refractivity contribution in [3.8, 4) is 17.6 Å². The molecule has 7 nitrogen and oxygen atoms in total. The van der Waals surface area contributed by atoms with E-state index in [1.54, 1.807) is 7.11 Å². The fourth-order valence-electron chi connectivity index (χ4n) is 2.39. The van der Waals surface area contributed by atoms with E-state index in [-0.39, 0.29) is 12.3 Å². The van der Waals surface area contributed by atoms with Gasteiger partial charge in [0.05, 0.1) is 26.4 Å². The molecular weight excluding hydrogens is 310 g/mol. The molecule has 0 aliphatic carbocycles. The molecule has 1 N–H and O–H groups in total. The Labute approximate surface area is 142 Å². The van der Waals surface area contributed by atoms with Gasteiger partial charge in [0.15, 0.2) is 11.5 Å². The van der Waals surface area contributed by atoms with E-state index >= 15 is 0 Å². The summed E-state index contributed by atoms with van der Waals surface area (Å²) >= 11 is 0. The Hall–Kier alpha value is -2.30. The normalized spacial score (nSPS) is 14.7. The van der Waals surface area contributed by atoms with E-state index < -0.39 is 0 Å². The number of ether oxygens (including phenoxy) is 3. The molecule has 1 saturated heterocycles. The number of benzene rings is 1. The molecule has 0 radical (unpaired) electrons. The van der Waals surface area contributed by atoms with E-state index in [2.05, 4.69) is 10.2 Å². The molecule has 1 aromatic rings. The second-order valence-corrected chi connectivity index (χ2v) is 5.40. The van der Waals surface area contributed by atoms with E-state index in [9.17, 15) is 4.79 Å². The van der Waals surface area contributed by atoms with Gasteiger partial charge in [0.1, 0.15) is 13.0 Å². The Kier molecular flexibility index (Phi) is 7.33. The number of nitrogens with one attached hydrogen (secondary N) is 1. The van der Waals surface area contributed by atoms with Crippen molar-refractivity contribution in [1.82, 2.24) is 10.2 Å². The SMILES string of the molecule is COc1ccc(CNC(=O)CC#N)cc1OCCN1CCOCC1. The maximum atomic E-state index is 11.4. The summed E-state index contributed by atoms with van der Waals surface area (Å²) < 4.78 is 16.5. The Morgan fingerprint density at radius 2 is 2.17 bits per heavy atom. The fourth-order valence-corrected chi connectivity index (χ4v) is 2.39. The molecule has 0 atom stereocenters. The van der Waals surface area contributed by atoms with E-state index in [0.717, 1.165) is 38.4 Å². The molecule has 7 heteroatoms. The third-order valence-electron chi connectivity index (χ3n) is 3.73. The largest absolute Gasteiger partial charge is 0.493 e. The number of nitrogens with zero attached hydrogens (tertiary/aromatic N) is 2. The van der Waals surface area contributed by atoms with Crippen LogP contribution in [0.4, 0.5) is 0 Å². The minimum atomic E-state index is -0.289. The highest BCUT2D eigenvalue weighted by Gasteiger charge is 2.11. The van der Waals surface area contributed by atoms with Crippen LogP contribution in [-0.2, 0) is 16.1 Å². The molecule has 0 aromatic heterocycles. The van der Waals surface area contributed by atoms with Gasteiger partial charge in [0, 0.05) is 26.2 Å². The van der Waals surface area contributed by atoms with Gasteiger partial charge < -0.3 is 19.5 Å². The Balaban J connectivity index is 1.87. The summed E-state index contributed by atoms with van der Waals surface area (Å²) in [5.74, 6) is 1.02. The van der Waals surface area contributed by atoms with Crippen LogP contribution in [0.1, 0.15) is 12.0 Å². The highest BCUT2D eigenvalue weighted by Crippen LogP contribution is 2.28. The van der Waals surface area contributed by atoms with Crippen LogP contribution >= 0.6 is 0 Å². The first-order valence-electron chi connectivity index (χ1n) is 7.96. The lowest BCUT2D eigenvalue weighted by molar-refractivity contribution is -0.120. The summed E-state index contributed by atoms with van der Waals surface area (Å²) in [6, 6.07) is 7.35. The number of amides is 1. The van der Waals surface area contributed by atoms with Crippen molar-refractivity contribution in [2.45, 2.75) is 13.0 Å². The summed E-state index contributed by atoms with van der Waals surface area (Å²) in [5.41, 5.74) is 0.892. The van der Waals surface area contributed by atoms with E-state index in [4.69, 9.17) is 19.5 Å². The van der Waals surface area contributed by atoms with Crippen molar-refractivity contribution in [3.05, 3.63) is 23.8 Å². The molecule has 0 saturated carbocycles. The summed E-state index contributed by atoms with van der Waals surface area (Å²) in [4.78, 5) is 13.7. The Morgan fingerprint density at radius 1 is 1.38 bits per heavy atom.